The van der Waals surface area contributed by atoms with Crippen LogP contribution in [0.5, 0.6) is 0 Å². The van der Waals surface area contributed by atoms with Gasteiger partial charge in [-0.05, 0) is 6.92 Å². The van der Waals surface area contributed by atoms with Gasteiger partial charge < -0.3 is 14.4 Å². The molecule has 0 aliphatic carbocycles. The number of nitrogens with zero attached hydrogens (tertiary/aromatic N) is 5. The van der Waals surface area contributed by atoms with E-state index < -0.39 is 0 Å². The van der Waals surface area contributed by atoms with Gasteiger partial charge in [-0.2, -0.15) is 0 Å². The minimum atomic E-state index is 0.0704. The second kappa shape index (κ2) is 6.25. The molecular weight excluding hydrogens is 278 g/mol. The summed E-state index contributed by atoms with van der Waals surface area (Å²) in [5.74, 6) is 1.33. The van der Waals surface area contributed by atoms with E-state index in [4.69, 9.17) is 0 Å². The number of aryl methyl sites for hydroxylation is 1. The van der Waals surface area contributed by atoms with Gasteiger partial charge in [-0.3, -0.25) is 9.59 Å². The Morgan fingerprint density at radius 2 is 1.75 bits per heavy atom. The van der Waals surface area contributed by atoms with Crippen molar-refractivity contribution < 1.29 is 9.59 Å². The molecule has 1 aliphatic heterocycles. The smallest absolute Gasteiger partial charge is 0.233 e. The predicted molar refractivity (Wildman–Crippen MR) is 75.3 cm³/mol. The number of piperazine rings is 1. The number of hydrogen-bond donors (Lipinski definition) is 0. The molecule has 20 heavy (non-hydrogen) atoms. The van der Waals surface area contributed by atoms with E-state index in [9.17, 15) is 9.59 Å². The van der Waals surface area contributed by atoms with Crippen LogP contribution in [0.2, 0.25) is 0 Å². The Balaban J connectivity index is 1.81. The maximum atomic E-state index is 12.1. The zero-order valence-corrected chi connectivity index (χ0v) is 12.8. The highest BCUT2D eigenvalue weighted by Gasteiger charge is 2.22. The quantitative estimate of drug-likeness (QED) is 0.729. The lowest BCUT2D eigenvalue weighted by atomic mass is 10.3. The highest BCUT2D eigenvalue weighted by atomic mass is 32.2. The number of amides is 2. The molecule has 0 aromatic carbocycles. The molecule has 2 amide bonds. The average Bonchev–Trinajstić information content (AvgIpc) is 2.76. The second-order valence-electron chi connectivity index (χ2n) is 4.76. The van der Waals surface area contributed by atoms with Crippen molar-refractivity contribution in [2.24, 2.45) is 7.05 Å². The number of thioether (sulfide) groups is 1. The third-order valence-corrected chi connectivity index (χ3v) is 4.46. The van der Waals surface area contributed by atoms with Crippen LogP contribution in [-0.4, -0.2) is 68.3 Å². The Kier molecular flexibility index (Phi) is 4.64. The third-order valence-electron chi connectivity index (χ3n) is 3.46. The molecule has 0 spiro atoms. The van der Waals surface area contributed by atoms with Crippen molar-refractivity contribution in [3.63, 3.8) is 0 Å². The summed E-state index contributed by atoms with van der Waals surface area (Å²) in [5, 5.41) is 8.73. The van der Waals surface area contributed by atoms with Gasteiger partial charge in [0, 0.05) is 40.2 Å². The number of carbonyl (C=O) groups excluding carboxylic acids is 2. The Bertz CT molecular complexity index is 508. The van der Waals surface area contributed by atoms with Crippen LogP contribution in [-0.2, 0) is 16.6 Å². The average molecular weight is 297 g/mol. The Morgan fingerprint density at radius 3 is 2.25 bits per heavy atom. The molecule has 7 nitrogen and oxygen atoms in total. The fourth-order valence-electron chi connectivity index (χ4n) is 2.00. The van der Waals surface area contributed by atoms with Crippen LogP contribution in [0.3, 0.4) is 0 Å². The summed E-state index contributed by atoms with van der Waals surface area (Å²) in [4.78, 5) is 26.9. The summed E-state index contributed by atoms with van der Waals surface area (Å²) in [6.07, 6.45) is 0. The molecule has 1 aromatic heterocycles. The van der Waals surface area contributed by atoms with Gasteiger partial charge in [0.05, 0.1) is 5.75 Å². The zero-order valence-electron chi connectivity index (χ0n) is 12.0. The van der Waals surface area contributed by atoms with Gasteiger partial charge in [0.25, 0.3) is 0 Å². The van der Waals surface area contributed by atoms with Gasteiger partial charge in [0.15, 0.2) is 5.16 Å². The van der Waals surface area contributed by atoms with Crippen LogP contribution < -0.4 is 0 Å². The normalized spacial score (nSPS) is 15.6. The predicted octanol–water partition coefficient (Wildman–Crippen LogP) is -0.0937. The molecule has 0 N–H and O–H groups in total. The van der Waals surface area contributed by atoms with Crippen LogP contribution in [0.25, 0.3) is 0 Å². The van der Waals surface area contributed by atoms with Gasteiger partial charge in [-0.1, -0.05) is 11.8 Å². The maximum Gasteiger partial charge on any atom is 0.233 e. The molecule has 8 heteroatoms. The molecule has 0 saturated carbocycles. The number of aromatic nitrogens is 3. The monoisotopic (exact) mass is 297 g/mol. The molecule has 2 heterocycles. The van der Waals surface area contributed by atoms with E-state index in [1.807, 2.05) is 18.5 Å². The minimum absolute atomic E-state index is 0.0704. The molecule has 0 unspecified atom stereocenters. The van der Waals surface area contributed by atoms with Crippen molar-refractivity contribution in [2.45, 2.75) is 19.0 Å². The van der Waals surface area contributed by atoms with E-state index in [0.717, 1.165) is 11.0 Å². The summed E-state index contributed by atoms with van der Waals surface area (Å²) in [5.41, 5.74) is 0. The van der Waals surface area contributed by atoms with Crippen LogP contribution in [0.15, 0.2) is 5.16 Å². The molecule has 1 saturated heterocycles. The van der Waals surface area contributed by atoms with Gasteiger partial charge >= 0.3 is 0 Å². The summed E-state index contributed by atoms with van der Waals surface area (Å²) < 4.78 is 1.87. The van der Waals surface area contributed by atoms with Crippen LogP contribution in [0, 0.1) is 6.92 Å². The van der Waals surface area contributed by atoms with E-state index in [0.29, 0.717) is 31.9 Å². The SMILES string of the molecule is CC(=O)N1CCN(C(=O)CSc2nnc(C)n2C)CC1. The molecule has 0 radical (unpaired) electrons. The van der Waals surface area contributed by atoms with Crippen molar-refractivity contribution in [1.82, 2.24) is 24.6 Å². The third kappa shape index (κ3) is 3.30. The molecule has 1 aliphatic rings. The lowest BCUT2D eigenvalue weighted by Crippen LogP contribution is -2.50. The van der Waals surface area contributed by atoms with E-state index in [-0.39, 0.29) is 11.8 Å². The minimum Gasteiger partial charge on any atom is -0.339 e. The van der Waals surface area contributed by atoms with Gasteiger partial charge in [0.2, 0.25) is 11.8 Å². The second-order valence-corrected chi connectivity index (χ2v) is 5.71. The molecule has 2 rings (SSSR count). The van der Waals surface area contributed by atoms with Crippen LogP contribution >= 0.6 is 11.8 Å². The zero-order chi connectivity index (χ0) is 14.7. The van der Waals surface area contributed by atoms with E-state index in [1.54, 1.807) is 16.7 Å². The van der Waals surface area contributed by atoms with E-state index in [1.165, 1.54) is 11.8 Å². The van der Waals surface area contributed by atoms with Crippen molar-refractivity contribution in [3.8, 4) is 0 Å². The largest absolute Gasteiger partial charge is 0.339 e. The van der Waals surface area contributed by atoms with Crippen molar-refractivity contribution >= 4 is 23.6 Å². The Labute approximate surface area is 122 Å². The standard InChI is InChI=1S/C12H19N5O2S/c1-9-13-14-12(15(9)3)20-8-11(19)17-6-4-16(5-7-17)10(2)18/h4-8H2,1-3H3. The molecular formula is C12H19N5O2S. The van der Waals surface area contributed by atoms with Crippen LogP contribution in [0.1, 0.15) is 12.7 Å². The Hall–Kier alpha value is -1.57. The summed E-state index contributed by atoms with van der Waals surface area (Å²) in [6, 6.07) is 0. The van der Waals surface area contributed by atoms with Crippen molar-refractivity contribution in [1.29, 1.82) is 0 Å². The van der Waals surface area contributed by atoms with Crippen molar-refractivity contribution in [2.75, 3.05) is 31.9 Å². The first-order valence-corrected chi connectivity index (χ1v) is 7.49. The molecule has 110 valence electrons. The lowest BCUT2D eigenvalue weighted by molar-refractivity contribution is -0.136. The summed E-state index contributed by atoms with van der Waals surface area (Å²) in [6.45, 7) is 5.89. The fourth-order valence-corrected chi connectivity index (χ4v) is 2.86. The Morgan fingerprint density at radius 1 is 1.15 bits per heavy atom. The molecule has 0 atom stereocenters. The number of rotatable bonds is 3. The van der Waals surface area contributed by atoms with E-state index in [2.05, 4.69) is 10.2 Å². The number of hydrogen-bond acceptors (Lipinski definition) is 5. The highest BCUT2D eigenvalue weighted by Crippen LogP contribution is 2.16. The fraction of sp³-hybridized carbons (Fsp3) is 0.667. The number of carbonyl (C=O) groups is 2. The molecule has 1 fully saturated rings. The van der Waals surface area contributed by atoms with Gasteiger partial charge in [0.1, 0.15) is 5.82 Å². The topological polar surface area (TPSA) is 71.3 Å². The first-order valence-electron chi connectivity index (χ1n) is 6.51. The van der Waals surface area contributed by atoms with E-state index >= 15 is 0 Å². The molecule has 0 bridgehead atoms. The summed E-state index contributed by atoms with van der Waals surface area (Å²) >= 11 is 1.39. The maximum absolute atomic E-state index is 12.1. The van der Waals surface area contributed by atoms with Crippen LogP contribution in [0.4, 0.5) is 0 Å². The van der Waals surface area contributed by atoms with Gasteiger partial charge in [-0.15, -0.1) is 10.2 Å². The summed E-state index contributed by atoms with van der Waals surface area (Å²) in [7, 11) is 1.88. The van der Waals surface area contributed by atoms with Crippen molar-refractivity contribution in [3.05, 3.63) is 5.82 Å². The van der Waals surface area contributed by atoms with Gasteiger partial charge in [-0.25, -0.2) is 0 Å². The lowest BCUT2D eigenvalue weighted by Gasteiger charge is -2.34. The first kappa shape index (κ1) is 14.8. The first-order chi connectivity index (χ1) is 9.49. The molecule has 1 aromatic rings. The highest BCUT2D eigenvalue weighted by molar-refractivity contribution is 7.99.